The fourth-order valence-electron chi connectivity index (χ4n) is 3.39. The standard InChI is InChI=1S/C22H17N5O4/c1-30-15-7-4-13(5-8-15)19-20-24-22(29)17-9-6-14(11-18(17)27(20)26-25-19)21(28)23-12-16-3-2-10-31-16/h2-11,26H,12H2,1H3,(H,23,28). The molecule has 3 heterocycles. The molecule has 0 radical (unpaired) electrons. The van der Waals surface area contributed by atoms with Crippen molar-refractivity contribution in [3.8, 4) is 17.0 Å². The van der Waals surface area contributed by atoms with Gasteiger partial charge in [-0.2, -0.15) is 10.1 Å². The van der Waals surface area contributed by atoms with E-state index in [4.69, 9.17) is 9.15 Å². The van der Waals surface area contributed by atoms with Gasteiger partial charge in [0, 0.05) is 11.1 Å². The molecule has 0 aliphatic rings. The number of H-pyrrole nitrogens is 1. The number of hydrogen-bond donors (Lipinski definition) is 2. The van der Waals surface area contributed by atoms with E-state index in [1.165, 1.54) is 0 Å². The number of carbonyl (C=O) groups is 1. The minimum absolute atomic E-state index is 0.265. The van der Waals surface area contributed by atoms with Gasteiger partial charge in [-0.25, -0.2) is 9.73 Å². The molecule has 0 saturated carbocycles. The van der Waals surface area contributed by atoms with Crippen molar-refractivity contribution in [2.75, 3.05) is 7.11 Å². The molecule has 0 aliphatic heterocycles. The molecular formula is C22H17N5O4. The van der Waals surface area contributed by atoms with Gasteiger partial charge >= 0.3 is 0 Å². The number of nitrogens with zero attached hydrogens (tertiary/aromatic N) is 3. The summed E-state index contributed by atoms with van der Waals surface area (Å²) in [6.45, 7) is 0.265. The van der Waals surface area contributed by atoms with E-state index in [2.05, 4.69) is 20.6 Å². The number of rotatable bonds is 5. The normalized spacial score (nSPS) is 11.1. The quantitative estimate of drug-likeness (QED) is 0.456. The predicted octanol–water partition coefficient (Wildman–Crippen LogP) is 2.77. The van der Waals surface area contributed by atoms with Gasteiger partial charge in [-0.05, 0) is 54.6 Å². The molecule has 1 amide bonds. The Balaban J connectivity index is 1.56. The molecule has 0 spiro atoms. The van der Waals surface area contributed by atoms with Crippen LogP contribution in [-0.2, 0) is 6.54 Å². The Hall–Kier alpha value is -4.40. The number of amides is 1. The van der Waals surface area contributed by atoms with E-state index in [-0.39, 0.29) is 12.5 Å². The fraction of sp³-hybridized carbons (Fsp3) is 0.0909. The number of aromatic amines is 1. The van der Waals surface area contributed by atoms with Gasteiger partial charge in [0.2, 0.25) is 0 Å². The number of benzene rings is 2. The lowest BCUT2D eigenvalue weighted by Crippen LogP contribution is -2.22. The Morgan fingerprint density at radius 1 is 1.19 bits per heavy atom. The average molecular weight is 415 g/mol. The molecule has 2 aromatic carbocycles. The van der Waals surface area contributed by atoms with Crippen molar-refractivity contribution < 1.29 is 13.9 Å². The summed E-state index contributed by atoms with van der Waals surface area (Å²) >= 11 is 0. The first-order chi connectivity index (χ1) is 15.1. The van der Waals surface area contributed by atoms with Gasteiger partial charge in [0.15, 0.2) is 5.65 Å². The van der Waals surface area contributed by atoms with Crippen LogP contribution in [0.15, 0.2) is 70.1 Å². The van der Waals surface area contributed by atoms with Crippen LogP contribution in [0.25, 0.3) is 27.8 Å². The molecule has 9 heteroatoms. The Morgan fingerprint density at radius 2 is 2.03 bits per heavy atom. The Morgan fingerprint density at radius 3 is 2.77 bits per heavy atom. The monoisotopic (exact) mass is 415 g/mol. The summed E-state index contributed by atoms with van der Waals surface area (Å²) in [6, 6.07) is 15.6. The molecule has 3 aromatic heterocycles. The molecule has 0 unspecified atom stereocenters. The largest absolute Gasteiger partial charge is 0.497 e. The highest BCUT2D eigenvalue weighted by molar-refractivity contribution is 5.98. The fourth-order valence-corrected chi connectivity index (χ4v) is 3.39. The molecule has 0 fully saturated rings. The van der Waals surface area contributed by atoms with Crippen LogP contribution in [0.1, 0.15) is 16.1 Å². The molecule has 154 valence electrons. The van der Waals surface area contributed by atoms with Crippen molar-refractivity contribution in [3.05, 3.63) is 82.5 Å². The van der Waals surface area contributed by atoms with Crippen LogP contribution in [0.4, 0.5) is 0 Å². The maximum absolute atomic E-state index is 12.6. The van der Waals surface area contributed by atoms with Gasteiger partial charge in [0.25, 0.3) is 11.5 Å². The Bertz CT molecular complexity index is 1450. The highest BCUT2D eigenvalue weighted by Gasteiger charge is 2.16. The zero-order chi connectivity index (χ0) is 21.4. The lowest BCUT2D eigenvalue weighted by Gasteiger charge is -2.06. The highest BCUT2D eigenvalue weighted by Crippen LogP contribution is 2.24. The van der Waals surface area contributed by atoms with E-state index in [0.29, 0.717) is 39.3 Å². The maximum atomic E-state index is 12.6. The second-order valence-corrected chi connectivity index (χ2v) is 6.86. The van der Waals surface area contributed by atoms with Crippen molar-refractivity contribution in [1.82, 2.24) is 25.1 Å². The van der Waals surface area contributed by atoms with Crippen LogP contribution in [0.3, 0.4) is 0 Å². The number of nitrogens with one attached hydrogen (secondary N) is 2. The van der Waals surface area contributed by atoms with Gasteiger partial charge in [0.05, 0.1) is 30.8 Å². The first-order valence-corrected chi connectivity index (χ1v) is 9.50. The van der Waals surface area contributed by atoms with Gasteiger partial charge in [-0.1, -0.05) is 0 Å². The van der Waals surface area contributed by atoms with Gasteiger partial charge < -0.3 is 14.5 Å². The Kier molecular flexibility index (Phi) is 4.47. The van der Waals surface area contributed by atoms with E-state index in [0.717, 1.165) is 5.56 Å². The zero-order valence-corrected chi connectivity index (χ0v) is 16.5. The topological polar surface area (TPSA) is 115 Å². The van der Waals surface area contributed by atoms with Crippen LogP contribution < -0.4 is 15.6 Å². The molecular weight excluding hydrogens is 398 g/mol. The van der Waals surface area contributed by atoms with Crippen molar-refractivity contribution in [1.29, 1.82) is 0 Å². The van der Waals surface area contributed by atoms with Crippen LogP contribution in [0.2, 0.25) is 0 Å². The van der Waals surface area contributed by atoms with Crippen LogP contribution in [-0.4, -0.2) is 32.8 Å². The van der Waals surface area contributed by atoms with Crippen molar-refractivity contribution >= 4 is 22.5 Å². The molecule has 9 nitrogen and oxygen atoms in total. The first-order valence-electron chi connectivity index (χ1n) is 9.50. The molecule has 31 heavy (non-hydrogen) atoms. The van der Waals surface area contributed by atoms with Gasteiger partial charge in [-0.15, -0.1) is 0 Å². The molecule has 0 saturated heterocycles. The Labute approximate surface area is 175 Å². The summed E-state index contributed by atoms with van der Waals surface area (Å²) in [5.74, 6) is 1.07. The lowest BCUT2D eigenvalue weighted by atomic mass is 10.1. The second-order valence-electron chi connectivity index (χ2n) is 6.86. The average Bonchev–Trinajstić information content (AvgIpc) is 3.47. The smallest absolute Gasteiger partial charge is 0.281 e. The maximum Gasteiger partial charge on any atom is 0.281 e. The minimum Gasteiger partial charge on any atom is -0.497 e. The second kappa shape index (κ2) is 7.45. The third kappa shape index (κ3) is 3.31. The summed E-state index contributed by atoms with van der Waals surface area (Å²) in [4.78, 5) is 29.4. The van der Waals surface area contributed by atoms with Crippen molar-refractivity contribution in [2.45, 2.75) is 6.54 Å². The molecule has 0 atom stereocenters. The van der Waals surface area contributed by atoms with E-state index in [9.17, 15) is 9.59 Å². The van der Waals surface area contributed by atoms with Crippen LogP contribution in [0.5, 0.6) is 5.75 Å². The zero-order valence-electron chi connectivity index (χ0n) is 16.5. The SMILES string of the molecule is COc1ccc(-c2n[nH]n3c2nc(=O)c2ccc(C(=O)NCc4ccco4)cc23)cc1. The third-order valence-electron chi connectivity index (χ3n) is 4.99. The van der Waals surface area contributed by atoms with E-state index in [1.54, 1.807) is 60.4 Å². The number of hydrogen-bond acceptors (Lipinski definition) is 6. The summed E-state index contributed by atoms with van der Waals surface area (Å²) in [6.07, 6.45) is 1.55. The van der Waals surface area contributed by atoms with Crippen LogP contribution >= 0.6 is 0 Å². The number of ether oxygens (including phenoxy) is 1. The number of fused-ring (bicyclic) bond motifs is 3. The number of furan rings is 1. The van der Waals surface area contributed by atoms with Crippen molar-refractivity contribution in [3.63, 3.8) is 0 Å². The third-order valence-corrected chi connectivity index (χ3v) is 4.99. The summed E-state index contributed by atoms with van der Waals surface area (Å²) in [7, 11) is 1.59. The van der Waals surface area contributed by atoms with E-state index < -0.39 is 5.56 Å². The minimum atomic E-state index is -0.395. The van der Waals surface area contributed by atoms with E-state index >= 15 is 0 Å². The summed E-state index contributed by atoms with van der Waals surface area (Å²) in [5.41, 5.74) is 2.18. The first kappa shape index (κ1) is 18.6. The van der Waals surface area contributed by atoms with Crippen molar-refractivity contribution in [2.24, 2.45) is 0 Å². The van der Waals surface area contributed by atoms with Gasteiger partial charge in [-0.3, -0.25) is 9.59 Å². The lowest BCUT2D eigenvalue weighted by molar-refractivity contribution is 0.0948. The molecule has 0 bridgehead atoms. The molecule has 5 rings (SSSR count). The highest BCUT2D eigenvalue weighted by atomic mass is 16.5. The summed E-state index contributed by atoms with van der Waals surface area (Å²) in [5, 5.41) is 10.4. The molecule has 2 N–H and O–H groups in total. The molecule has 5 aromatic rings. The van der Waals surface area contributed by atoms with Crippen LogP contribution in [0, 0.1) is 0 Å². The number of methoxy groups -OCH3 is 1. The molecule has 0 aliphatic carbocycles. The number of carbonyl (C=O) groups excluding carboxylic acids is 1. The van der Waals surface area contributed by atoms with Gasteiger partial charge in [0.1, 0.15) is 17.2 Å². The number of aromatic nitrogens is 4. The van der Waals surface area contributed by atoms with E-state index in [1.807, 2.05) is 12.1 Å². The predicted molar refractivity (Wildman–Crippen MR) is 113 cm³/mol. The summed E-state index contributed by atoms with van der Waals surface area (Å²) < 4.78 is 12.0.